The molecule has 0 fully saturated rings. The van der Waals surface area contributed by atoms with E-state index in [4.69, 9.17) is 23.2 Å². The predicted molar refractivity (Wildman–Crippen MR) is 74.0 cm³/mol. The lowest BCUT2D eigenvalue weighted by molar-refractivity contribution is -0.384. The SMILES string of the molecule is O=C(Cl)OCCl.O=C(OCCl)Oc1ccc([N+](=O)[O-])cc1. The monoisotopic (exact) mass is 359 g/mol. The molecule has 0 aliphatic heterocycles. The van der Waals surface area contributed by atoms with Gasteiger partial charge in [-0.3, -0.25) is 10.1 Å². The van der Waals surface area contributed by atoms with Crippen molar-refractivity contribution in [3.63, 3.8) is 0 Å². The third-order valence-corrected chi connectivity index (χ3v) is 1.92. The average molecular weight is 361 g/mol. The molecule has 21 heavy (non-hydrogen) atoms. The third kappa shape index (κ3) is 9.72. The number of non-ortho nitro benzene ring substituents is 1. The number of halogens is 3. The van der Waals surface area contributed by atoms with E-state index >= 15 is 0 Å². The zero-order valence-corrected chi connectivity index (χ0v) is 12.4. The van der Waals surface area contributed by atoms with Crippen molar-refractivity contribution in [3.05, 3.63) is 34.4 Å². The molecular formula is C10H8Cl3NO7. The average Bonchev–Trinajstić information content (AvgIpc) is 2.40. The Bertz CT molecular complexity index is 480. The number of nitro groups is 1. The maximum atomic E-state index is 10.8. The van der Waals surface area contributed by atoms with Crippen LogP contribution < -0.4 is 4.74 Å². The third-order valence-electron chi connectivity index (χ3n) is 1.59. The molecular weight excluding hydrogens is 352 g/mol. The van der Waals surface area contributed by atoms with Gasteiger partial charge in [0.05, 0.1) is 4.92 Å². The van der Waals surface area contributed by atoms with Gasteiger partial charge in [0, 0.05) is 23.7 Å². The van der Waals surface area contributed by atoms with Crippen molar-refractivity contribution in [3.8, 4) is 5.75 Å². The molecule has 0 atom stereocenters. The van der Waals surface area contributed by atoms with Crippen LogP contribution in [0.2, 0.25) is 0 Å². The molecule has 0 aromatic heterocycles. The largest absolute Gasteiger partial charge is 0.515 e. The van der Waals surface area contributed by atoms with Crippen molar-refractivity contribution in [1.82, 2.24) is 0 Å². The highest BCUT2D eigenvalue weighted by Gasteiger charge is 2.08. The van der Waals surface area contributed by atoms with E-state index in [9.17, 15) is 19.7 Å². The van der Waals surface area contributed by atoms with Crippen molar-refractivity contribution in [2.75, 3.05) is 12.1 Å². The number of carbonyl (C=O) groups is 2. The van der Waals surface area contributed by atoms with Gasteiger partial charge in [-0.1, -0.05) is 23.2 Å². The molecule has 1 rings (SSSR count). The lowest BCUT2D eigenvalue weighted by atomic mass is 10.3. The first kappa shape index (κ1) is 19.2. The van der Waals surface area contributed by atoms with Crippen molar-refractivity contribution >= 4 is 52.1 Å². The smallest absolute Gasteiger partial charge is 0.437 e. The number of benzene rings is 1. The van der Waals surface area contributed by atoms with E-state index in [0.717, 1.165) is 0 Å². The summed E-state index contributed by atoms with van der Waals surface area (Å²) in [6.07, 6.45) is -0.959. The van der Waals surface area contributed by atoms with E-state index in [2.05, 4.69) is 25.8 Å². The zero-order chi connectivity index (χ0) is 16.3. The van der Waals surface area contributed by atoms with Gasteiger partial charge in [0.2, 0.25) is 0 Å². The lowest BCUT2D eigenvalue weighted by Gasteiger charge is -2.02. The quantitative estimate of drug-likeness (QED) is 0.200. The van der Waals surface area contributed by atoms with E-state index in [1.165, 1.54) is 24.3 Å². The van der Waals surface area contributed by atoms with Gasteiger partial charge in [0.1, 0.15) is 5.75 Å². The Morgan fingerprint density at radius 1 is 1.10 bits per heavy atom. The summed E-state index contributed by atoms with van der Waals surface area (Å²) in [4.78, 5) is 30.0. The van der Waals surface area contributed by atoms with E-state index in [1.54, 1.807) is 0 Å². The summed E-state index contributed by atoms with van der Waals surface area (Å²) < 4.78 is 12.8. The van der Waals surface area contributed by atoms with Crippen molar-refractivity contribution in [2.45, 2.75) is 0 Å². The number of alkyl halides is 2. The second kappa shape index (κ2) is 11.0. The van der Waals surface area contributed by atoms with Crippen LogP contribution in [0.15, 0.2) is 24.3 Å². The standard InChI is InChI=1S/C8H6ClNO5.C2H2Cl2O2/c9-5-14-8(11)15-7-3-1-6(2-4-7)10(12)13;3-1-6-2(4)5/h1-4H,5H2;1H2. The van der Waals surface area contributed by atoms with Crippen LogP contribution in [0.5, 0.6) is 5.75 Å². The van der Waals surface area contributed by atoms with Gasteiger partial charge in [-0.05, 0) is 12.1 Å². The van der Waals surface area contributed by atoms with E-state index in [-0.39, 0.29) is 23.6 Å². The molecule has 0 amide bonds. The number of hydrogen-bond acceptors (Lipinski definition) is 7. The Balaban J connectivity index is 0.000000567. The molecule has 0 unspecified atom stereocenters. The number of rotatable bonds is 4. The highest BCUT2D eigenvalue weighted by molar-refractivity contribution is 6.61. The molecule has 0 aliphatic carbocycles. The fraction of sp³-hybridized carbons (Fsp3) is 0.200. The van der Waals surface area contributed by atoms with Crippen LogP contribution >= 0.6 is 34.8 Å². The predicted octanol–water partition coefficient (Wildman–Crippen LogP) is 3.86. The first-order valence-electron chi connectivity index (χ1n) is 4.94. The van der Waals surface area contributed by atoms with Gasteiger partial charge in [-0.15, -0.1) is 0 Å². The van der Waals surface area contributed by atoms with Gasteiger partial charge in [0.15, 0.2) is 12.1 Å². The van der Waals surface area contributed by atoms with Crippen LogP contribution in [0.25, 0.3) is 0 Å². The molecule has 0 bridgehead atoms. The van der Waals surface area contributed by atoms with Gasteiger partial charge >= 0.3 is 11.6 Å². The summed E-state index contributed by atoms with van der Waals surface area (Å²) in [5.41, 5.74) is -0.960. The van der Waals surface area contributed by atoms with Crippen LogP contribution in [0.3, 0.4) is 0 Å². The van der Waals surface area contributed by atoms with E-state index in [0.29, 0.717) is 0 Å². The number of nitro benzene ring substituents is 1. The Morgan fingerprint density at radius 2 is 1.62 bits per heavy atom. The highest BCUT2D eigenvalue weighted by atomic mass is 35.5. The van der Waals surface area contributed by atoms with Gasteiger partial charge in [-0.2, -0.15) is 0 Å². The summed E-state index contributed by atoms with van der Waals surface area (Å²) in [7, 11) is 0. The van der Waals surface area contributed by atoms with Gasteiger partial charge in [-0.25, -0.2) is 9.59 Å². The fourth-order valence-electron chi connectivity index (χ4n) is 0.849. The lowest BCUT2D eigenvalue weighted by Crippen LogP contribution is -2.09. The summed E-state index contributed by atoms with van der Waals surface area (Å²) in [5, 5.41) is 10.3. The summed E-state index contributed by atoms with van der Waals surface area (Å²) in [6, 6.07) is 4.50. The number of hydrogen-bond donors (Lipinski definition) is 0. The molecule has 0 aliphatic rings. The summed E-state index contributed by atoms with van der Waals surface area (Å²) in [5.74, 6) is 0.149. The molecule has 0 saturated carbocycles. The molecule has 0 spiro atoms. The Morgan fingerprint density at radius 3 is 1.95 bits per heavy atom. The molecule has 1 aromatic carbocycles. The molecule has 0 N–H and O–H groups in total. The van der Waals surface area contributed by atoms with Gasteiger partial charge < -0.3 is 14.2 Å². The first-order valence-corrected chi connectivity index (χ1v) is 6.38. The second-order valence-corrected chi connectivity index (χ2v) is 3.59. The van der Waals surface area contributed by atoms with Gasteiger partial charge in [0.25, 0.3) is 5.69 Å². The number of carbonyl (C=O) groups excluding carboxylic acids is 2. The van der Waals surface area contributed by atoms with Crippen LogP contribution in [-0.2, 0) is 9.47 Å². The molecule has 8 nitrogen and oxygen atoms in total. The zero-order valence-electron chi connectivity index (χ0n) is 10.2. The van der Waals surface area contributed by atoms with Crippen molar-refractivity contribution in [2.24, 2.45) is 0 Å². The Hall–Kier alpha value is -1.77. The fourth-order valence-corrected chi connectivity index (χ4v) is 1.15. The van der Waals surface area contributed by atoms with Crippen molar-refractivity contribution < 1.29 is 28.7 Å². The molecule has 0 saturated heterocycles. The molecule has 116 valence electrons. The maximum absolute atomic E-state index is 10.8. The van der Waals surface area contributed by atoms with E-state index in [1.807, 2.05) is 0 Å². The molecule has 1 aromatic rings. The van der Waals surface area contributed by atoms with Crippen LogP contribution in [0, 0.1) is 10.1 Å². The molecule has 0 heterocycles. The van der Waals surface area contributed by atoms with Crippen LogP contribution in [0.4, 0.5) is 15.3 Å². The molecule has 0 radical (unpaired) electrons. The van der Waals surface area contributed by atoms with E-state index < -0.39 is 16.5 Å². The maximum Gasteiger partial charge on any atom is 0.515 e. The minimum absolute atomic E-state index is 0.0898. The second-order valence-electron chi connectivity index (χ2n) is 2.85. The normalized spacial score (nSPS) is 8.90. The minimum Gasteiger partial charge on any atom is -0.437 e. The summed E-state index contributed by atoms with van der Waals surface area (Å²) >= 11 is 14.6. The minimum atomic E-state index is -0.959. The summed E-state index contributed by atoms with van der Waals surface area (Å²) in [6.45, 7) is 0. The Labute approximate surface area is 133 Å². The molecule has 11 heteroatoms. The topological polar surface area (TPSA) is 105 Å². The highest BCUT2D eigenvalue weighted by Crippen LogP contribution is 2.17. The van der Waals surface area contributed by atoms with Crippen LogP contribution in [0.1, 0.15) is 0 Å². The van der Waals surface area contributed by atoms with Crippen LogP contribution in [-0.4, -0.2) is 28.6 Å². The Kier molecular flexibility index (Phi) is 10.0. The van der Waals surface area contributed by atoms with Crippen molar-refractivity contribution in [1.29, 1.82) is 0 Å². The number of nitrogens with zero attached hydrogens (tertiary/aromatic N) is 1. The first-order chi connectivity index (χ1) is 9.90. The number of ether oxygens (including phenoxy) is 3.